The summed E-state index contributed by atoms with van der Waals surface area (Å²) in [7, 11) is 1.29. The molecule has 3 N–H and O–H groups in total. The monoisotopic (exact) mass is 429 g/mol. The van der Waals surface area contributed by atoms with Crippen LogP contribution in [0.3, 0.4) is 0 Å². The maximum absolute atomic E-state index is 12.4. The molecule has 30 heavy (non-hydrogen) atoms. The van der Waals surface area contributed by atoms with E-state index >= 15 is 0 Å². The minimum absolute atomic E-state index is 0.0120. The third-order valence-corrected chi connectivity index (χ3v) is 4.85. The van der Waals surface area contributed by atoms with Crippen LogP contribution in [0.5, 0.6) is 11.5 Å². The van der Waals surface area contributed by atoms with E-state index < -0.39 is 10.8 Å². The number of hydrogen-bond acceptors (Lipinski definition) is 8. The van der Waals surface area contributed by atoms with E-state index in [4.69, 9.17) is 4.74 Å². The number of benzene rings is 2. The molecule has 11 heteroatoms. The fourth-order valence-corrected chi connectivity index (χ4v) is 3.40. The topological polar surface area (TPSA) is 143 Å². The van der Waals surface area contributed by atoms with Crippen LogP contribution < -0.4 is 10.2 Å². The zero-order valence-corrected chi connectivity index (χ0v) is 17.2. The van der Waals surface area contributed by atoms with Gasteiger partial charge in [0.15, 0.2) is 16.7 Å². The van der Waals surface area contributed by atoms with E-state index in [0.29, 0.717) is 16.3 Å². The number of rotatable bonds is 7. The number of amides is 1. The molecule has 0 aliphatic heterocycles. The highest BCUT2D eigenvalue weighted by atomic mass is 32.2. The first-order valence-corrected chi connectivity index (χ1v) is 9.71. The standard InChI is InChI=1S/C19H19N5O5S/c1-10(2)30-19-21-13-5-4-11(6-14(13)22-19)18(26)23-20-9-12-7-16(25)17(29-3)8-15(12)24(27)28/h4-10,25H,1-3H3,(H,21,22)(H,23,26)/b20-9-. The fourth-order valence-electron chi connectivity index (χ4n) is 2.63. The average Bonchev–Trinajstić information content (AvgIpc) is 3.08. The molecule has 0 saturated heterocycles. The number of fused-ring (bicyclic) bond motifs is 1. The molecule has 2 aromatic carbocycles. The van der Waals surface area contributed by atoms with Crippen LogP contribution in [0.15, 0.2) is 40.6 Å². The number of H-pyrrole nitrogens is 1. The van der Waals surface area contributed by atoms with E-state index in [2.05, 4.69) is 34.3 Å². The second kappa shape index (κ2) is 8.82. The quantitative estimate of drug-likeness (QED) is 0.226. The summed E-state index contributed by atoms with van der Waals surface area (Å²) < 4.78 is 4.87. The van der Waals surface area contributed by atoms with E-state index in [0.717, 1.165) is 29.0 Å². The van der Waals surface area contributed by atoms with E-state index in [1.165, 1.54) is 7.11 Å². The van der Waals surface area contributed by atoms with Gasteiger partial charge in [0.2, 0.25) is 0 Å². The first kappa shape index (κ1) is 21.1. The highest BCUT2D eigenvalue weighted by Crippen LogP contribution is 2.32. The maximum Gasteiger partial charge on any atom is 0.282 e. The Labute approximate surface area is 175 Å². The van der Waals surface area contributed by atoms with Crippen molar-refractivity contribution in [3.8, 4) is 11.5 Å². The van der Waals surface area contributed by atoms with Gasteiger partial charge in [0.1, 0.15) is 0 Å². The van der Waals surface area contributed by atoms with Gasteiger partial charge in [0.25, 0.3) is 11.6 Å². The molecule has 0 fully saturated rings. The highest BCUT2D eigenvalue weighted by Gasteiger charge is 2.17. The number of nitrogens with zero attached hydrogens (tertiary/aromatic N) is 3. The molecule has 0 radical (unpaired) electrons. The number of hydrogen-bond donors (Lipinski definition) is 3. The zero-order valence-electron chi connectivity index (χ0n) is 16.4. The molecule has 0 unspecified atom stereocenters. The van der Waals surface area contributed by atoms with Gasteiger partial charge in [0, 0.05) is 10.8 Å². The van der Waals surface area contributed by atoms with Crippen LogP contribution >= 0.6 is 11.8 Å². The Kier molecular flexibility index (Phi) is 6.21. The molecular formula is C19H19N5O5S. The van der Waals surface area contributed by atoms with Gasteiger partial charge in [0.05, 0.1) is 40.9 Å². The Morgan fingerprint density at radius 1 is 1.40 bits per heavy atom. The average molecular weight is 429 g/mol. The number of carbonyl (C=O) groups excluding carboxylic acids is 1. The van der Waals surface area contributed by atoms with Crippen LogP contribution in [-0.4, -0.2) is 44.5 Å². The van der Waals surface area contributed by atoms with Gasteiger partial charge >= 0.3 is 0 Å². The molecular weight excluding hydrogens is 410 g/mol. The Bertz CT molecular complexity index is 1140. The lowest BCUT2D eigenvalue weighted by atomic mass is 10.1. The van der Waals surface area contributed by atoms with Crippen molar-refractivity contribution in [3.05, 3.63) is 51.6 Å². The summed E-state index contributed by atoms with van der Waals surface area (Å²) in [6.07, 6.45) is 1.08. The molecule has 1 heterocycles. The van der Waals surface area contributed by atoms with Crippen molar-refractivity contribution in [1.82, 2.24) is 15.4 Å². The molecule has 10 nitrogen and oxygen atoms in total. The highest BCUT2D eigenvalue weighted by molar-refractivity contribution is 7.99. The SMILES string of the molecule is COc1cc([N+](=O)[O-])c(/C=N\NC(=O)c2ccc3nc(SC(C)C)[nH]c3c2)cc1O. The van der Waals surface area contributed by atoms with Crippen LogP contribution in [0.2, 0.25) is 0 Å². The van der Waals surface area contributed by atoms with Crippen molar-refractivity contribution in [2.45, 2.75) is 24.3 Å². The number of aromatic nitrogens is 2. The van der Waals surface area contributed by atoms with E-state index in [9.17, 15) is 20.0 Å². The van der Waals surface area contributed by atoms with Gasteiger partial charge < -0.3 is 14.8 Å². The molecule has 1 aromatic heterocycles. The number of aromatic hydroxyl groups is 1. The number of ether oxygens (including phenoxy) is 1. The van der Waals surface area contributed by atoms with Crippen LogP contribution in [0, 0.1) is 10.1 Å². The molecule has 3 rings (SSSR count). The van der Waals surface area contributed by atoms with Crippen LogP contribution in [0.25, 0.3) is 11.0 Å². The number of carbonyl (C=O) groups is 1. The second-order valence-corrected chi connectivity index (χ2v) is 8.04. The van der Waals surface area contributed by atoms with E-state index in [1.54, 1.807) is 30.0 Å². The molecule has 156 valence electrons. The summed E-state index contributed by atoms with van der Waals surface area (Å²) in [5, 5.41) is 26.0. The lowest BCUT2D eigenvalue weighted by molar-refractivity contribution is -0.385. The van der Waals surface area contributed by atoms with Gasteiger partial charge in [-0.05, 0) is 24.3 Å². The van der Waals surface area contributed by atoms with Crippen molar-refractivity contribution in [3.63, 3.8) is 0 Å². The first-order chi connectivity index (χ1) is 14.3. The Morgan fingerprint density at radius 2 is 2.17 bits per heavy atom. The van der Waals surface area contributed by atoms with Crippen molar-refractivity contribution >= 4 is 40.6 Å². The van der Waals surface area contributed by atoms with Crippen LogP contribution in [-0.2, 0) is 0 Å². The third kappa shape index (κ3) is 4.69. The molecule has 0 atom stereocenters. The number of imidazole rings is 1. The number of nitro benzene ring substituents is 1. The molecule has 3 aromatic rings. The summed E-state index contributed by atoms with van der Waals surface area (Å²) in [6, 6.07) is 7.20. The van der Waals surface area contributed by atoms with Gasteiger partial charge in [-0.2, -0.15) is 5.10 Å². The van der Waals surface area contributed by atoms with Crippen molar-refractivity contribution < 1.29 is 19.6 Å². The Balaban J connectivity index is 1.77. The number of hydrazone groups is 1. The molecule has 0 bridgehead atoms. The molecule has 0 aliphatic rings. The van der Waals surface area contributed by atoms with Gasteiger partial charge in [-0.25, -0.2) is 10.4 Å². The smallest absolute Gasteiger partial charge is 0.282 e. The van der Waals surface area contributed by atoms with E-state index in [1.807, 2.05) is 0 Å². The van der Waals surface area contributed by atoms with Crippen molar-refractivity contribution in [2.24, 2.45) is 5.10 Å². The summed E-state index contributed by atoms with van der Waals surface area (Å²) in [4.78, 5) is 30.6. The Hall–Kier alpha value is -3.60. The van der Waals surface area contributed by atoms with Gasteiger partial charge in [-0.15, -0.1) is 0 Å². The van der Waals surface area contributed by atoms with Crippen molar-refractivity contribution in [1.29, 1.82) is 0 Å². The van der Waals surface area contributed by atoms with E-state index in [-0.39, 0.29) is 22.7 Å². The number of phenols is 1. The number of aromatic amines is 1. The van der Waals surface area contributed by atoms with Crippen molar-refractivity contribution in [2.75, 3.05) is 7.11 Å². The molecule has 0 spiro atoms. The largest absolute Gasteiger partial charge is 0.504 e. The number of methoxy groups -OCH3 is 1. The number of nitrogens with one attached hydrogen (secondary N) is 2. The third-order valence-electron chi connectivity index (χ3n) is 3.96. The zero-order chi connectivity index (χ0) is 21.8. The predicted octanol–water partition coefficient (Wildman–Crippen LogP) is 3.45. The van der Waals surface area contributed by atoms with Gasteiger partial charge in [-0.3, -0.25) is 14.9 Å². The number of nitro groups is 1. The second-order valence-electron chi connectivity index (χ2n) is 6.48. The minimum Gasteiger partial charge on any atom is -0.504 e. The maximum atomic E-state index is 12.4. The summed E-state index contributed by atoms with van der Waals surface area (Å²) >= 11 is 1.58. The van der Waals surface area contributed by atoms with Gasteiger partial charge in [-0.1, -0.05) is 25.6 Å². The number of thioether (sulfide) groups is 1. The number of phenolic OH excluding ortho intramolecular Hbond substituents is 1. The summed E-state index contributed by atoms with van der Waals surface area (Å²) in [5.41, 5.74) is 3.81. The Morgan fingerprint density at radius 3 is 2.83 bits per heavy atom. The molecule has 1 amide bonds. The normalized spacial score (nSPS) is 11.3. The lowest BCUT2D eigenvalue weighted by Crippen LogP contribution is -2.17. The lowest BCUT2D eigenvalue weighted by Gasteiger charge is -2.05. The molecule has 0 aliphatic carbocycles. The summed E-state index contributed by atoms with van der Waals surface area (Å²) in [6.45, 7) is 4.11. The minimum atomic E-state index is -0.635. The summed E-state index contributed by atoms with van der Waals surface area (Å²) in [5.74, 6) is -0.817. The van der Waals surface area contributed by atoms with Crippen LogP contribution in [0.1, 0.15) is 29.8 Å². The van der Waals surface area contributed by atoms with Crippen LogP contribution in [0.4, 0.5) is 5.69 Å². The predicted molar refractivity (Wildman–Crippen MR) is 113 cm³/mol. The first-order valence-electron chi connectivity index (χ1n) is 8.83. The molecule has 0 saturated carbocycles. The fraction of sp³-hybridized carbons (Fsp3) is 0.211.